The maximum atomic E-state index is 11.6. The first-order chi connectivity index (χ1) is 9.15. The molecule has 7 heteroatoms. The smallest absolute Gasteiger partial charge is 0.220 e. The molecule has 2 rings (SSSR count). The normalized spacial score (nSPS) is 10.4. The molecule has 2 aromatic rings. The van der Waals surface area contributed by atoms with Crippen molar-refractivity contribution in [2.24, 2.45) is 0 Å². The predicted molar refractivity (Wildman–Crippen MR) is 73.0 cm³/mol. The molecule has 0 saturated carbocycles. The van der Waals surface area contributed by atoms with E-state index in [1.807, 2.05) is 6.07 Å². The molecular formula is C12H12Cl2N4O. The summed E-state index contributed by atoms with van der Waals surface area (Å²) < 4.78 is 0. The molecule has 19 heavy (non-hydrogen) atoms. The van der Waals surface area contributed by atoms with Crippen LogP contribution in [0.4, 0.5) is 0 Å². The molecule has 0 atom stereocenters. The van der Waals surface area contributed by atoms with Crippen LogP contribution < -0.4 is 5.32 Å². The summed E-state index contributed by atoms with van der Waals surface area (Å²) in [6.07, 6.45) is 2.32. The van der Waals surface area contributed by atoms with Crippen molar-refractivity contribution < 1.29 is 4.79 Å². The lowest BCUT2D eigenvalue weighted by Crippen LogP contribution is -2.23. The first-order valence-electron chi connectivity index (χ1n) is 5.70. The number of halogens is 2. The van der Waals surface area contributed by atoms with E-state index in [1.165, 1.54) is 6.33 Å². The third kappa shape index (κ3) is 4.22. The van der Waals surface area contributed by atoms with Gasteiger partial charge >= 0.3 is 0 Å². The van der Waals surface area contributed by atoms with E-state index in [1.54, 1.807) is 12.1 Å². The quantitative estimate of drug-likeness (QED) is 0.890. The van der Waals surface area contributed by atoms with Crippen LogP contribution in [0.25, 0.3) is 0 Å². The molecule has 1 heterocycles. The topological polar surface area (TPSA) is 70.7 Å². The summed E-state index contributed by atoms with van der Waals surface area (Å²) in [4.78, 5) is 15.6. The minimum Gasteiger partial charge on any atom is -0.349 e. The molecule has 0 radical (unpaired) electrons. The van der Waals surface area contributed by atoms with Gasteiger partial charge in [0.25, 0.3) is 0 Å². The highest BCUT2D eigenvalue weighted by Gasteiger charge is 2.06. The van der Waals surface area contributed by atoms with Crippen LogP contribution in [0.15, 0.2) is 24.5 Å². The minimum atomic E-state index is -0.0672. The van der Waals surface area contributed by atoms with Gasteiger partial charge in [-0.25, -0.2) is 4.98 Å². The van der Waals surface area contributed by atoms with Crippen molar-refractivity contribution in [2.45, 2.75) is 19.4 Å². The third-order valence-corrected chi connectivity index (χ3v) is 3.14. The van der Waals surface area contributed by atoms with Gasteiger partial charge < -0.3 is 5.32 Å². The number of rotatable bonds is 5. The lowest BCUT2D eigenvalue weighted by molar-refractivity contribution is -0.121. The number of amides is 1. The van der Waals surface area contributed by atoms with Crippen molar-refractivity contribution >= 4 is 29.1 Å². The summed E-state index contributed by atoms with van der Waals surface area (Å²) in [6, 6.07) is 5.26. The van der Waals surface area contributed by atoms with E-state index in [9.17, 15) is 4.79 Å². The number of nitrogens with one attached hydrogen (secondary N) is 2. The summed E-state index contributed by atoms with van der Waals surface area (Å²) in [5, 5.41) is 10.3. The fraction of sp³-hybridized carbons (Fsp3) is 0.250. The molecule has 0 saturated heterocycles. The SMILES string of the molecule is O=C(CCc1ccc(Cl)cc1Cl)NCc1ncn[nH]1. The zero-order chi connectivity index (χ0) is 13.7. The third-order valence-electron chi connectivity index (χ3n) is 2.55. The Morgan fingerprint density at radius 3 is 2.89 bits per heavy atom. The van der Waals surface area contributed by atoms with Crippen molar-refractivity contribution in [3.63, 3.8) is 0 Å². The van der Waals surface area contributed by atoms with Gasteiger partial charge in [-0.3, -0.25) is 9.89 Å². The number of carbonyl (C=O) groups is 1. The Morgan fingerprint density at radius 1 is 1.37 bits per heavy atom. The standard InChI is InChI=1S/C12H12Cl2N4O/c13-9-3-1-8(10(14)5-9)2-4-12(19)15-6-11-16-7-17-18-11/h1,3,5,7H,2,4,6H2,(H,15,19)(H,16,17,18). The van der Waals surface area contributed by atoms with E-state index >= 15 is 0 Å². The Kier molecular flexibility index (Phi) is 4.76. The molecule has 1 amide bonds. The van der Waals surface area contributed by atoms with Gasteiger partial charge in [-0.05, 0) is 24.1 Å². The van der Waals surface area contributed by atoms with Crippen molar-refractivity contribution in [1.29, 1.82) is 0 Å². The second-order valence-electron chi connectivity index (χ2n) is 3.94. The number of H-pyrrole nitrogens is 1. The lowest BCUT2D eigenvalue weighted by atomic mass is 10.1. The highest BCUT2D eigenvalue weighted by Crippen LogP contribution is 2.21. The van der Waals surface area contributed by atoms with E-state index in [0.717, 1.165) is 5.56 Å². The summed E-state index contributed by atoms with van der Waals surface area (Å²) in [5.74, 6) is 0.556. The van der Waals surface area contributed by atoms with Gasteiger partial charge in [0.15, 0.2) is 0 Å². The molecule has 2 N–H and O–H groups in total. The van der Waals surface area contributed by atoms with Gasteiger partial charge in [0.2, 0.25) is 5.91 Å². The minimum absolute atomic E-state index is 0.0672. The molecule has 0 aliphatic rings. The maximum Gasteiger partial charge on any atom is 0.220 e. The zero-order valence-corrected chi connectivity index (χ0v) is 11.5. The Hall–Kier alpha value is -1.59. The van der Waals surface area contributed by atoms with E-state index in [-0.39, 0.29) is 5.91 Å². The molecule has 1 aromatic heterocycles. The first kappa shape index (κ1) is 13.8. The van der Waals surface area contributed by atoms with Crippen molar-refractivity contribution in [3.05, 3.63) is 46.0 Å². The molecule has 0 bridgehead atoms. The number of benzene rings is 1. The molecule has 0 spiro atoms. The number of carbonyl (C=O) groups excluding carboxylic acids is 1. The van der Waals surface area contributed by atoms with Crippen LogP contribution in [0.1, 0.15) is 17.8 Å². The Labute approximate surface area is 120 Å². The highest BCUT2D eigenvalue weighted by molar-refractivity contribution is 6.35. The molecule has 0 aliphatic carbocycles. The van der Waals surface area contributed by atoms with Gasteiger partial charge in [-0.15, -0.1) is 0 Å². The number of hydrogen-bond donors (Lipinski definition) is 2. The van der Waals surface area contributed by atoms with Crippen molar-refractivity contribution in [3.8, 4) is 0 Å². The molecule has 100 valence electrons. The Bertz CT molecular complexity index is 557. The van der Waals surface area contributed by atoms with Gasteiger partial charge in [-0.2, -0.15) is 5.10 Å². The summed E-state index contributed by atoms with van der Waals surface area (Å²) in [7, 11) is 0. The zero-order valence-electron chi connectivity index (χ0n) is 9.99. The number of aryl methyl sites for hydroxylation is 1. The lowest BCUT2D eigenvalue weighted by Gasteiger charge is -2.05. The average molecular weight is 299 g/mol. The molecule has 1 aromatic carbocycles. The summed E-state index contributed by atoms with van der Waals surface area (Å²) in [6.45, 7) is 0.340. The first-order valence-corrected chi connectivity index (χ1v) is 6.45. The van der Waals surface area contributed by atoms with Gasteiger partial charge in [0.05, 0.1) is 6.54 Å². The van der Waals surface area contributed by atoms with E-state index in [4.69, 9.17) is 23.2 Å². The van der Waals surface area contributed by atoms with E-state index in [2.05, 4.69) is 20.5 Å². The maximum absolute atomic E-state index is 11.6. The molecule has 0 aliphatic heterocycles. The monoisotopic (exact) mass is 298 g/mol. The van der Waals surface area contributed by atoms with Crippen LogP contribution in [0.5, 0.6) is 0 Å². The van der Waals surface area contributed by atoms with Crippen molar-refractivity contribution in [1.82, 2.24) is 20.5 Å². The Balaban J connectivity index is 1.80. The number of nitrogens with zero attached hydrogens (tertiary/aromatic N) is 2. The van der Waals surface area contributed by atoms with Gasteiger partial charge in [0.1, 0.15) is 12.2 Å². The van der Waals surface area contributed by atoms with Crippen LogP contribution in [-0.4, -0.2) is 21.1 Å². The van der Waals surface area contributed by atoms with E-state index < -0.39 is 0 Å². The summed E-state index contributed by atoms with van der Waals surface area (Å²) in [5.41, 5.74) is 0.904. The second-order valence-corrected chi connectivity index (χ2v) is 4.79. The fourth-order valence-electron chi connectivity index (χ4n) is 1.56. The Morgan fingerprint density at radius 2 is 2.21 bits per heavy atom. The van der Waals surface area contributed by atoms with Crippen LogP contribution >= 0.6 is 23.2 Å². The average Bonchev–Trinajstić information content (AvgIpc) is 2.88. The van der Waals surface area contributed by atoms with Crippen molar-refractivity contribution in [2.75, 3.05) is 0 Å². The van der Waals surface area contributed by atoms with Crippen LogP contribution in [0.3, 0.4) is 0 Å². The highest BCUT2D eigenvalue weighted by atomic mass is 35.5. The number of aromatic nitrogens is 3. The second kappa shape index (κ2) is 6.54. The van der Waals surface area contributed by atoms with Gasteiger partial charge in [-0.1, -0.05) is 29.3 Å². The number of hydrogen-bond acceptors (Lipinski definition) is 3. The van der Waals surface area contributed by atoms with Crippen LogP contribution in [0, 0.1) is 0 Å². The molecular weight excluding hydrogens is 287 g/mol. The van der Waals surface area contributed by atoms with E-state index in [0.29, 0.717) is 35.3 Å². The molecule has 5 nitrogen and oxygen atoms in total. The molecule has 0 fully saturated rings. The predicted octanol–water partition coefficient (Wildman–Crippen LogP) is 2.36. The number of aromatic amines is 1. The summed E-state index contributed by atoms with van der Waals surface area (Å²) >= 11 is 11.8. The molecule has 0 unspecified atom stereocenters. The van der Waals surface area contributed by atoms with Crippen LogP contribution in [-0.2, 0) is 17.8 Å². The van der Waals surface area contributed by atoms with Gasteiger partial charge in [0, 0.05) is 16.5 Å². The van der Waals surface area contributed by atoms with Crippen LogP contribution in [0.2, 0.25) is 10.0 Å². The largest absolute Gasteiger partial charge is 0.349 e. The fourth-order valence-corrected chi connectivity index (χ4v) is 2.06.